The van der Waals surface area contributed by atoms with E-state index in [1.807, 2.05) is 6.07 Å². The number of tetrazole rings is 1. The lowest BCUT2D eigenvalue weighted by molar-refractivity contribution is -0.117. The number of methoxy groups -OCH3 is 2. The van der Waals surface area contributed by atoms with Crippen LogP contribution in [-0.4, -0.2) is 40.8 Å². The van der Waals surface area contributed by atoms with Gasteiger partial charge in [-0.3, -0.25) is 4.79 Å². The summed E-state index contributed by atoms with van der Waals surface area (Å²) in [6.45, 7) is 0. The minimum absolute atomic E-state index is 0.216. The van der Waals surface area contributed by atoms with Crippen LogP contribution in [0.15, 0.2) is 42.5 Å². The molecule has 0 radical (unpaired) electrons. The van der Waals surface area contributed by atoms with Crippen molar-refractivity contribution in [3.8, 4) is 11.5 Å². The Hall–Kier alpha value is -3.49. The van der Waals surface area contributed by atoms with Crippen molar-refractivity contribution in [3.05, 3.63) is 59.7 Å². The largest absolute Gasteiger partial charge is 0.493 e. The Bertz CT molecular complexity index is 917. The molecule has 1 heterocycles. The Balaban J connectivity index is 1.90. The number of aromatic amines is 1. The van der Waals surface area contributed by atoms with E-state index in [-0.39, 0.29) is 12.2 Å². The fraction of sp³-hybridized carbons (Fsp3) is 0.222. The SMILES string of the molecule is COc1cccc(C[C@@H](C(=O)Nc2cccc(F)c2)c2nn[nH]n2)c1OC. The molecule has 0 aliphatic rings. The predicted molar refractivity (Wildman–Crippen MR) is 95.2 cm³/mol. The van der Waals surface area contributed by atoms with Gasteiger partial charge in [-0.25, -0.2) is 4.39 Å². The average molecular weight is 371 g/mol. The number of aromatic nitrogens is 4. The van der Waals surface area contributed by atoms with E-state index < -0.39 is 17.6 Å². The summed E-state index contributed by atoms with van der Waals surface area (Å²) in [5, 5.41) is 16.4. The molecule has 0 unspecified atom stereocenters. The molecule has 0 aliphatic heterocycles. The Labute approximate surface area is 154 Å². The zero-order valence-electron chi connectivity index (χ0n) is 14.8. The highest BCUT2D eigenvalue weighted by molar-refractivity contribution is 5.95. The van der Waals surface area contributed by atoms with E-state index in [0.29, 0.717) is 17.2 Å². The van der Waals surface area contributed by atoms with Gasteiger partial charge in [0.1, 0.15) is 11.7 Å². The number of rotatable bonds is 7. The van der Waals surface area contributed by atoms with Gasteiger partial charge in [0.15, 0.2) is 17.3 Å². The van der Waals surface area contributed by atoms with Crippen molar-refractivity contribution in [3.63, 3.8) is 0 Å². The van der Waals surface area contributed by atoms with Crippen molar-refractivity contribution < 1.29 is 18.7 Å². The standard InChI is InChI=1S/C18H18FN5O3/c1-26-15-8-3-5-11(16(15)27-2)9-14(17-21-23-24-22-17)18(25)20-13-7-4-6-12(19)10-13/h3-8,10,14H,9H2,1-2H3,(H,20,25)(H,21,22,23,24)/t14-/m1/s1. The maximum atomic E-state index is 13.4. The number of amides is 1. The number of nitrogens with zero attached hydrogens (tertiary/aromatic N) is 3. The third-order valence-corrected chi connectivity index (χ3v) is 3.99. The number of hydrogen-bond acceptors (Lipinski definition) is 6. The maximum absolute atomic E-state index is 13.4. The molecule has 3 rings (SSSR count). The summed E-state index contributed by atoms with van der Waals surface area (Å²) in [4.78, 5) is 12.9. The topological polar surface area (TPSA) is 102 Å². The highest BCUT2D eigenvalue weighted by atomic mass is 19.1. The van der Waals surface area contributed by atoms with Gasteiger partial charge in [-0.05, 0) is 36.2 Å². The van der Waals surface area contributed by atoms with Gasteiger partial charge in [-0.2, -0.15) is 5.21 Å². The second-order valence-corrected chi connectivity index (χ2v) is 5.68. The number of benzene rings is 2. The highest BCUT2D eigenvalue weighted by Gasteiger charge is 2.27. The first-order valence-corrected chi connectivity index (χ1v) is 8.12. The molecule has 0 aliphatic carbocycles. The van der Waals surface area contributed by atoms with Gasteiger partial charge < -0.3 is 14.8 Å². The number of carbonyl (C=O) groups is 1. The van der Waals surface area contributed by atoms with Crippen LogP contribution in [0, 0.1) is 5.82 Å². The van der Waals surface area contributed by atoms with Gasteiger partial charge in [0.2, 0.25) is 5.91 Å². The maximum Gasteiger partial charge on any atom is 0.235 e. The smallest absolute Gasteiger partial charge is 0.235 e. The first-order chi connectivity index (χ1) is 13.1. The highest BCUT2D eigenvalue weighted by Crippen LogP contribution is 2.33. The lowest BCUT2D eigenvalue weighted by Gasteiger charge is -2.17. The molecule has 27 heavy (non-hydrogen) atoms. The number of nitrogens with one attached hydrogen (secondary N) is 2. The van der Waals surface area contributed by atoms with Crippen LogP contribution in [0.5, 0.6) is 11.5 Å². The molecule has 0 spiro atoms. The molecule has 2 aromatic carbocycles. The van der Waals surface area contributed by atoms with E-state index in [0.717, 1.165) is 5.56 Å². The van der Waals surface area contributed by atoms with E-state index >= 15 is 0 Å². The summed E-state index contributed by atoms with van der Waals surface area (Å²) in [5.74, 6) is -0.327. The van der Waals surface area contributed by atoms with Crippen molar-refractivity contribution in [2.24, 2.45) is 0 Å². The van der Waals surface area contributed by atoms with Crippen LogP contribution in [-0.2, 0) is 11.2 Å². The van der Waals surface area contributed by atoms with E-state index in [4.69, 9.17) is 9.47 Å². The van der Waals surface area contributed by atoms with Gasteiger partial charge in [0.25, 0.3) is 0 Å². The van der Waals surface area contributed by atoms with Crippen LogP contribution in [0.2, 0.25) is 0 Å². The van der Waals surface area contributed by atoms with Gasteiger partial charge in [0, 0.05) is 5.69 Å². The second kappa shape index (κ2) is 8.26. The lowest BCUT2D eigenvalue weighted by atomic mass is 9.96. The van der Waals surface area contributed by atoms with Crippen molar-refractivity contribution in [2.75, 3.05) is 19.5 Å². The molecule has 140 valence electrons. The van der Waals surface area contributed by atoms with Crippen LogP contribution >= 0.6 is 0 Å². The first-order valence-electron chi connectivity index (χ1n) is 8.12. The molecule has 2 N–H and O–H groups in total. The summed E-state index contributed by atoms with van der Waals surface area (Å²) in [5.41, 5.74) is 1.08. The molecule has 1 atom stereocenters. The zero-order valence-corrected chi connectivity index (χ0v) is 14.8. The Kier molecular flexibility index (Phi) is 5.60. The van der Waals surface area contributed by atoms with E-state index in [1.54, 1.807) is 18.2 Å². The van der Waals surface area contributed by atoms with E-state index in [9.17, 15) is 9.18 Å². The van der Waals surface area contributed by atoms with Crippen LogP contribution in [0.3, 0.4) is 0 Å². The fourth-order valence-electron chi connectivity index (χ4n) is 2.75. The number of H-pyrrole nitrogens is 1. The molecule has 8 nitrogen and oxygen atoms in total. The molecule has 0 saturated carbocycles. The summed E-state index contributed by atoms with van der Waals surface area (Å²) in [6.07, 6.45) is 0.237. The monoisotopic (exact) mass is 371 g/mol. The Morgan fingerprint density at radius 2 is 2.04 bits per heavy atom. The van der Waals surface area contributed by atoms with Gasteiger partial charge >= 0.3 is 0 Å². The van der Waals surface area contributed by atoms with Gasteiger partial charge in [-0.1, -0.05) is 23.4 Å². The average Bonchev–Trinajstić information content (AvgIpc) is 3.20. The van der Waals surface area contributed by atoms with Crippen LogP contribution in [0.4, 0.5) is 10.1 Å². The summed E-state index contributed by atoms with van der Waals surface area (Å²) in [7, 11) is 3.06. The Morgan fingerprint density at radius 1 is 1.22 bits per heavy atom. The van der Waals surface area contributed by atoms with Crippen molar-refractivity contribution in [1.82, 2.24) is 20.6 Å². The number of carbonyl (C=O) groups excluding carboxylic acids is 1. The number of anilines is 1. The summed E-state index contributed by atoms with van der Waals surface area (Å²) >= 11 is 0. The Morgan fingerprint density at radius 3 is 2.70 bits per heavy atom. The van der Waals surface area contributed by atoms with Crippen LogP contribution in [0.25, 0.3) is 0 Å². The lowest BCUT2D eigenvalue weighted by Crippen LogP contribution is -2.24. The molecule has 1 aromatic heterocycles. The number of halogens is 1. The summed E-state index contributed by atoms with van der Waals surface area (Å²) < 4.78 is 24.1. The van der Waals surface area contributed by atoms with E-state index in [2.05, 4.69) is 25.9 Å². The minimum Gasteiger partial charge on any atom is -0.493 e. The molecule has 3 aromatic rings. The van der Waals surface area contributed by atoms with Crippen molar-refractivity contribution >= 4 is 11.6 Å². The van der Waals surface area contributed by atoms with Crippen molar-refractivity contribution in [1.29, 1.82) is 0 Å². The van der Waals surface area contributed by atoms with E-state index in [1.165, 1.54) is 32.4 Å². The summed E-state index contributed by atoms with van der Waals surface area (Å²) in [6, 6.07) is 11.0. The fourth-order valence-corrected chi connectivity index (χ4v) is 2.75. The van der Waals surface area contributed by atoms with Crippen LogP contribution < -0.4 is 14.8 Å². The molecular formula is C18H18FN5O3. The van der Waals surface area contributed by atoms with Crippen molar-refractivity contribution in [2.45, 2.75) is 12.3 Å². The second-order valence-electron chi connectivity index (χ2n) is 5.68. The quantitative estimate of drug-likeness (QED) is 0.661. The molecule has 9 heteroatoms. The third kappa shape index (κ3) is 4.20. The van der Waals surface area contributed by atoms with Crippen LogP contribution in [0.1, 0.15) is 17.3 Å². The number of hydrogen-bond donors (Lipinski definition) is 2. The first kappa shape index (κ1) is 18.3. The number of para-hydroxylation sites is 1. The normalized spacial score (nSPS) is 11.7. The molecule has 1 amide bonds. The van der Waals surface area contributed by atoms with Gasteiger partial charge in [0.05, 0.1) is 14.2 Å². The van der Waals surface area contributed by atoms with Gasteiger partial charge in [-0.15, -0.1) is 10.2 Å². The predicted octanol–water partition coefficient (Wildman–Crippen LogP) is 2.32. The molecular weight excluding hydrogens is 353 g/mol. The zero-order chi connectivity index (χ0) is 19.2. The molecule has 0 fully saturated rings. The number of ether oxygens (including phenoxy) is 2. The molecule has 0 bridgehead atoms. The minimum atomic E-state index is -0.770. The third-order valence-electron chi connectivity index (χ3n) is 3.99. The molecule has 0 saturated heterocycles.